The Morgan fingerprint density at radius 1 is 0.527 bits per heavy atom. The van der Waals surface area contributed by atoms with Crippen molar-refractivity contribution >= 4 is 78.6 Å². The maximum atomic E-state index is 16.4. The number of aromatic nitrogens is 2. The number of pyridine rings is 2. The molecule has 5 heterocycles. The molecule has 3 aromatic heterocycles. The highest BCUT2D eigenvalue weighted by molar-refractivity contribution is 7.99. The summed E-state index contributed by atoms with van der Waals surface area (Å²) in [5, 5.41) is 6.68. The van der Waals surface area contributed by atoms with Gasteiger partial charge < -0.3 is 8.98 Å². The molecule has 0 bridgehead atoms. The van der Waals surface area contributed by atoms with E-state index in [4.69, 9.17) is 14.4 Å². The molecule has 2 unspecified atom stereocenters. The molecule has 1 spiro atoms. The summed E-state index contributed by atoms with van der Waals surface area (Å²) in [5.41, 5.74) is 8.93. The van der Waals surface area contributed by atoms with Crippen LogP contribution in [0.4, 0.5) is 0 Å². The van der Waals surface area contributed by atoms with Crippen LogP contribution in [-0.2, 0) is 9.98 Å². The third kappa shape index (κ3) is 4.17. The first-order valence-corrected chi connectivity index (χ1v) is 20.9. The van der Waals surface area contributed by atoms with Crippen molar-refractivity contribution in [2.24, 2.45) is 0 Å². The monoisotopic (exact) mass is 740 g/mol. The quantitative estimate of drug-likeness (QED) is 0.130. The number of rotatable bonds is 2. The Kier molecular flexibility index (Phi) is 6.44. The molecular formula is C49H29N2O2PS. The number of furan rings is 1. The van der Waals surface area contributed by atoms with Crippen LogP contribution in [0, 0.1) is 0 Å². The van der Waals surface area contributed by atoms with Gasteiger partial charge in [0.25, 0.3) is 0 Å². The zero-order chi connectivity index (χ0) is 36.3. The summed E-state index contributed by atoms with van der Waals surface area (Å²) in [6, 6.07) is 59.1. The molecule has 258 valence electrons. The third-order valence-corrected chi connectivity index (χ3v) is 15.9. The van der Waals surface area contributed by atoms with E-state index in [2.05, 4.69) is 115 Å². The van der Waals surface area contributed by atoms with Crippen molar-refractivity contribution in [2.45, 2.75) is 15.2 Å². The van der Waals surface area contributed by atoms with Gasteiger partial charge in [-0.3, -0.25) is 4.98 Å². The highest BCUT2D eigenvalue weighted by Crippen LogP contribution is 2.62. The molecule has 55 heavy (non-hydrogen) atoms. The van der Waals surface area contributed by atoms with E-state index in [1.54, 1.807) is 11.8 Å². The minimum atomic E-state index is -3.39. The number of fused-ring (bicyclic) bond motifs is 14. The summed E-state index contributed by atoms with van der Waals surface area (Å²) >= 11 is 1.79. The van der Waals surface area contributed by atoms with E-state index in [9.17, 15) is 0 Å². The minimum Gasteiger partial charge on any atom is -0.456 e. The van der Waals surface area contributed by atoms with Crippen LogP contribution >= 0.6 is 18.9 Å². The molecule has 2 atom stereocenters. The van der Waals surface area contributed by atoms with Crippen LogP contribution in [0.1, 0.15) is 22.3 Å². The fourth-order valence-corrected chi connectivity index (χ4v) is 13.6. The van der Waals surface area contributed by atoms with Gasteiger partial charge in [0.1, 0.15) is 11.2 Å². The van der Waals surface area contributed by atoms with Crippen molar-refractivity contribution in [3.8, 4) is 11.3 Å². The molecule has 0 N–H and O–H groups in total. The second kappa shape index (κ2) is 11.4. The number of para-hydroxylation sites is 1. The first-order valence-electron chi connectivity index (χ1n) is 18.4. The van der Waals surface area contributed by atoms with Gasteiger partial charge in [0, 0.05) is 59.0 Å². The Labute approximate surface area is 320 Å². The van der Waals surface area contributed by atoms with Crippen molar-refractivity contribution < 1.29 is 8.98 Å². The Hall–Kier alpha value is -6.26. The summed E-state index contributed by atoms with van der Waals surface area (Å²) < 4.78 is 22.9. The van der Waals surface area contributed by atoms with E-state index < -0.39 is 12.6 Å². The Balaban J connectivity index is 1.19. The topological polar surface area (TPSA) is 56.0 Å². The Morgan fingerprint density at radius 3 is 2.18 bits per heavy atom. The number of hydrogen-bond donors (Lipinski definition) is 0. The molecule has 6 heteroatoms. The molecule has 0 saturated heterocycles. The van der Waals surface area contributed by atoms with Crippen molar-refractivity contribution in [1.82, 2.24) is 9.97 Å². The SMILES string of the molecule is O=P1(c2ccccc2)c2ccccc2C2(c3ccccc3Sc3cc(-c4ccc5ccc6cccnc6c5n4)ccc32)c2cc3c(cc21)oc1ccccc13. The predicted octanol–water partition coefficient (Wildman–Crippen LogP) is 11.1. The van der Waals surface area contributed by atoms with Crippen molar-refractivity contribution in [2.75, 3.05) is 0 Å². The Bertz CT molecular complexity index is 3300. The summed E-state index contributed by atoms with van der Waals surface area (Å²) in [5.74, 6) is 0. The van der Waals surface area contributed by atoms with E-state index in [0.29, 0.717) is 0 Å². The normalized spacial score (nSPS) is 18.3. The van der Waals surface area contributed by atoms with E-state index in [1.807, 2.05) is 60.8 Å². The highest BCUT2D eigenvalue weighted by Gasteiger charge is 2.54. The fraction of sp³-hybridized carbons (Fsp3) is 0.0204. The molecule has 0 radical (unpaired) electrons. The van der Waals surface area contributed by atoms with Crippen LogP contribution in [0.3, 0.4) is 0 Å². The van der Waals surface area contributed by atoms with Gasteiger partial charge in [-0.15, -0.1) is 0 Å². The van der Waals surface area contributed by atoms with Crippen LogP contribution in [-0.4, -0.2) is 9.97 Å². The second-order valence-corrected chi connectivity index (χ2v) is 18.2. The van der Waals surface area contributed by atoms with Gasteiger partial charge in [0.05, 0.1) is 22.1 Å². The van der Waals surface area contributed by atoms with E-state index in [-0.39, 0.29) is 0 Å². The van der Waals surface area contributed by atoms with Gasteiger partial charge in [-0.1, -0.05) is 139 Å². The zero-order valence-corrected chi connectivity index (χ0v) is 31.0. The number of benzene rings is 7. The lowest BCUT2D eigenvalue weighted by Crippen LogP contribution is -2.48. The van der Waals surface area contributed by atoms with Gasteiger partial charge in [-0.2, -0.15) is 0 Å². The average molecular weight is 741 g/mol. The molecule has 12 rings (SSSR count). The van der Waals surface area contributed by atoms with Crippen molar-refractivity contribution in [1.29, 1.82) is 0 Å². The maximum Gasteiger partial charge on any atom is 0.171 e. The van der Waals surface area contributed by atoms with Crippen molar-refractivity contribution in [3.05, 3.63) is 198 Å². The molecular weight excluding hydrogens is 712 g/mol. The maximum absolute atomic E-state index is 16.4. The third-order valence-electron chi connectivity index (χ3n) is 11.6. The lowest BCUT2D eigenvalue weighted by molar-refractivity contribution is 0.589. The lowest BCUT2D eigenvalue weighted by atomic mass is 9.64. The van der Waals surface area contributed by atoms with E-state index >= 15 is 4.57 Å². The fourth-order valence-electron chi connectivity index (χ4n) is 9.25. The molecule has 0 fully saturated rings. The first kappa shape index (κ1) is 31.1. The van der Waals surface area contributed by atoms with Crippen LogP contribution in [0.5, 0.6) is 0 Å². The predicted molar refractivity (Wildman–Crippen MR) is 225 cm³/mol. The first-order chi connectivity index (χ1) is 27.1. The average Bonchev–Trinajstić information content (AvgIpc) is 3.62. The van der Waals surface area contributed by atoms with Gasteiger partial charge in [-0.25, -0.2) is 4.98 Å². The standard InChI is InChI=1S/C49H29N2O2PS/c52-54(33-12-2-1-3-13-33)43-18-8-5-15-36(43)49(39-28-35-34-14-4-7-17-41(34)53-42(35)29-44(39)54)37-16-6-9-19-45(37)55-46-27-32(22-24-38(46)49)40-25-23-31-21-20-30-11-10-26-50-47(30)48(31)51-40/h1-29H. The summed E-state index contributed by atoms with van der Waals surface area (Å²) in [4.78, 5) is 12.3. The molecule has 2 aliphatic heterocycles. The zero-order valence-electron chi connectivity index (χ0n) is 29.3. The van der Waals surface area contributed by atoms with E-state index in [1.165, 1.54) is 10.5 Å². The number of nitrogens with zero attached hydrogens (tertiary/aromatic N) is 2. The molecule has 4 nitrogen and oxygen atoms in total. The van der Waals surface area contributed by atoms with Crippen LogP contribution in [0.15, 0.2) is 190 Å². The van der Waals surface area contributed by atoms with Crippen LogP contribution in [0.2, 0.25) is 0 Å². The summed E-state index contributed by atoms with van der Waals surface area (Å²) in [6.45, 7) is 0. The number of hydrogen-bond acceptors (Lipinski definition) is 5. The molecule has 10 aromatic rings. The van der Waals surface area contributed by atoms with Gasteiger partial charge >= 0.3 is 0 Å². The largest absolute Gasteiger partial charge is 0.456 e. The minimum absolute atomic E-state index is 0.740. The smallest absolute Gasteiger partial charge is 0.171 e. The molecule has 7 aromatic carbocycles. The van der Waals surface area contributed by atoms with Crippen molar-refractivity contribution in [3.63, 3.8) is 0 Å². The second-order valence-electron chi connectivity index (χ2n) is 14.4. The summed E-state index contributed by atoms with van der Waals surface area (Å²) in [6.07, 6.45) is 1.83. The Morgan fingerprint density at radius 2 is 1.27 bits per heavy atom. The van der Waals surface area contributed by atoms with Crippen LogP contribution < -0.4 is 15.9 Å². The lowest BCUT2D eigenvalue weighted by Gasteiger charge is -2.47. The highest BCUT2D eigenvalue weighted by atomic mass is 32.2. The van der Waals surface area contributed by atoms with Gasteiger partial charge in [0.15, 0.2) is 7.14 Å². The van der Waals surface area contributed by atoms with Crippen LogP contribution in [0.25, 0.3) is 55.0 Å². The molecule has 0 saturated carbocycles. The van der Waals surface area contributed by atoms with Gasteiger partial charge in [-0.05, 0) is 64.7 Å². The molecule has 2 aliphatic rings. The molecule has 0 amide bonds. The van der Waals surface area contributed by atoms with E-state index in [0.717, 1.165) is 92.5 Å². The summed E-state index contributed by atoms with van der Waals surface area (Å²) in [7, 11) is -3.39. The van der Waals surface area contributed by atoms with Gasteiger partial charge in [0.2, 0.25) is 0 Å². The molecule has 0 aliphatic carbocycles.